The Kier molecular flexibility index (Phi) is 4.63. The second-order valence-electron chi connectivity index (χ2n) is 3.75. The third kappa shape index (κ3) is 3.76. The quantitative estimate of drug-likeness (QED) is 0.482. The van der Waals surface area contributed by atoms with Gasteiger partial charge in [-0.05, 0) is 24.3 Å². The SMILES string of the molecule is O=C(I)N(Cc1ccccn1)Cc1ccccn1. The van der Waals surface area contributed by atoms with Gasteiger partial charge in [-0.3, -0.25) is 14.8 Å². The van der Waals surface area contributed by atoms with Gasteiger partial charge in [0.2, 0.25) is 0 Å². The lowest BCUT2D eigenvalue weighted by Crippen LogP contribution is -2.25. The molecule has 0 N–H and O–H groups in total. The molecule has 0 atom stereocenters. The highest BCUT2D eigenvalue weighted by Crippen LogP contribution is 2.10. The number of amides is 1. The summed E-state index contributed by atoms with van der Waals surface area (Å²) < 4.78 is -0.0103. The number of halogens is 1. The van der Waals surface area contributed by atoms with E-state index in [0.717, 1.165) is 11.4 Å². The van der Waals surface area contributed by atoms with Gasteiger partial charge in [0, 0.05) is 35.0 Å². The fraction of sp³-hybridized carbons (Fsp3) is 0.154. The Balaban J connectivity index is 2.08. The highest BCUT2D eigenvalue weighted by atomic mass is 127. The van der Waals surface area contributed by atoms with Gasteiger partial charge >= 0.3 is 0 Å². The van der Waals surface area contributed by atoms with E-state index in [1.165, 1.54) is 0 Å². The summed E-state index contributed by atoms with van der Waals surface area (Å²) in [6.45, 7) is 0.998. The topological polar surface area (TPSA) is 46.1 Å². The van der Waals surface area contributed by atoms with E-state index in [4.69, 9.17) is 0 Å². The second-order valence-corrected chi connectivity index (χ2v) is 4.67. The molecule has 0 bridgehead atoms. The van der Waals surface area contributed by atoms with E-state index in [1.54, 1.807) is 39.9 Å². The summed E-state index contributed by atoms with van der Waals surface area (Å²) in [6.07, 6.45) is 3.46. The minimum atomic E-state index is -0.0103. The molecular formula is C13H12IN3O. The monoisotopic (exact) mass is 353 g/mol. The van der Waals surface area contributed by atoms with Gasteiger partial charge in [0.15, 0.2) is 0 Å². The summed E-state index contributed by atoms with van der Waals surface area (Å²) in [6, 6.07) is 11.4. The zero-order valence-electron chi connectivity index (χ0n) is 9.66. The van der Waals surface area contributed by atoms with Crippen LogP contribution in [0.5, 0.6) is 0 Å². The van der Waals surface area contributed by atoms with Crippen molar-refractivity contribution >= 4 is 26.5 Å². The van der Waals surface area contributed by atoms with Crippen LogP contribution in [0.15, 0.2) is 48.8 Å². The molecule has 92 valence electrons. The van der Waals surface area contributed by atoms with Crippen molar-refractivity contribution in [3.63, 3.8) is 0 Å². The molecule has 0 spiro atoms. The zero-order chi connectivity index (χ0) is 12.8. The van der Waals surface area contributed by atoms with Crippen LogP contribution >= 0.6 is 22.6 Å². The molecule has 0 aliphatic carbocycles. The summed E-state index contributed by atoms with van der Waals surface area (Å²) in [5.74, 6) is 0. The van der Waals surface area contributed by atoms with Crippen LogP contribution < -0.4 is 0 Å². The predicted molar refractivity (Wildman–Crippen MR) is 77.1 cm³/mol. The van der Waals surface area contributed by atoms with Crippen molar-refractivity contribution in [2.75, 3.05) is 0 Å². The first-order valence-electron chi connectivity index (χ1n) is 5.50. The molecule has 5 heteroatoms. The molecule has 2 heterocycles. The zero-order valence-corrected chi connectivity index (χ0v) is 11.8. The Bertz CT molecular complexity index is 463. The summed E-state index contributed by atoms with van der Waals surface area (Å²) in [5, 5.41) is 0. The minimum absolute atomic E-state index is 0.0103. The molecule has 2 rings (SSSR count). The van der Waals surface area contributed by atoms with Crippen LogP contribution in [0, 0.1) is 0 Å². The maximum absolute atomic E-state index is 11.6. The molecule has 0 aliphatic rings. The first-order chi connectivity index (χ1) is 8.75. The maximum atomic E-state index is 11.6. The smallest absolute Gasteiger partial charge is 0.283 e. The first kappa shape index (κ1) is 12.9. The largest absolute Gasteiger partial charge is 0.322 e. The van der Waals surface area contributed by atoms with E-state index in [1.807, 2.05) is 36.4 Å². The Morgan fingerprint density at radius 3 is 1.83 bits per heavy atom. The standard InChI is InChI=1S/C13H12IN3O/c14-13(18)17(9-11-5-1-3-7-15-11)10-12-6-2-4-8-16-12/h1-8H,9-10H2. The fourth-order valence-electron chi connectivity index (χ4n) is 1.55. The van der Waals surface area contributed by atoms with Crippen LogP contribution in [0.2, 0.25) is 0 Å². The fourth-order valence-corrected chi connectivity index (χ4v) is 1.90. The van der Waals surface area contributed by atoms with Crippen LogP contribution in [0.4, 0.5) is 4.79 Å². The van der Waals surface area contributed by atoms with E-state index in [-0.39, 0.29) is 3.91 Å². The Hall–Kier alpha value is -1.50. The predicted octanol–water partition coefficient (Wildman–Crippen LogP) is 3.03. The van der Waals surface area contributed by atoms with Crippen molar-refractivity contribution < 1.29 is 4.79 Å². The number of carbonyl (C=O) groups is 1. The minimum Gasteiger partial charge on any atom is -0.322 e. The first-order valence-corrected chi connectivity index (χ1v) is 6.58. The molecule has 2 aromatic rings. The average molecular weight is 353 g/mol. The molecule has 0 saturated carbocycles. The highest BCUT2D eigenvalue weighted by molar-refractivity contribution is 14.1. The number of nitrogens with zero attached hydrogens (tertiary/aromatic N) is 3. The molecule has 0 fully saturated rings. The van der Waals surface area contributed by atoms with Crippen LogP contribution in [0.3, 0.4) is 0 Å². The van der Waals surface area contributed by atoms with E-state index in [9.17, 15) is 4.79 Å². The van der Waals surface area contributed by atoms with E-state index >= 15 is 0 Å². The highest BCUT2D eigenvalue weighted by Gasteiger charge is 2.12. The number of carbonyl (C=O) groups excluding carboxylic acids is 1. The normalized spacial score (nSPS) is 10.1. The van der Waals surface area contributed by atoms with Gasteiger partial charge < -0.3 is 4.90 Å². The Labute approximate surface area is 119 Å². The molecule has 0 unspecified atom stereocenters. The summed E-state index contributed by atoms with van der Waals surface area (Å²) >= 11 is 1.79. The number of aromatic nitrogens is 2. The van der Waals surface area contributed by atoms with E-state index < -0.39 is 0 Å². The number of hydrogen-bond acceptors (Lipinski definition) is 3. The van der Waals surface area contributed by atoms with Crippen molar-refractivity contribution in [3.8, 4) is 0 Å². The van der Waals surface area contributed by atoms with E-state index in [0.29, 0.717) is 13.1 Å². The van der Waals surface area contributed by atoms with Crippen LogP contribution in [0.25, 0.3) is 0 Å². The van der Waals surface area contributed by atoms with Crippen molar-refractivity contribution in [2.45, 2.75) is 13.1 Å². The van der Waals surface area contributed by atoms with Gasteiger partial charge in [0.1, 0.15) is 0 Å². The van der Waals surface area contributed by atoms with Crippen LogP contribution in [-0.2, 0) is 13.1 Å². The average Bonchev–Trinajstić information content (AvgIpc) is 2.40. The lowest BCUT2D eigenvalue weighted by molar-refractivity contribution is 0.220. The summed E-state index contributed by atoms with van der Waals surface area (Å²) in [5.41, 5.74) is 1.75. The van der Waals surface area contributed by atoms with Crippen molar-refractivity contribution in [1.29, 1.82) is 0 Å². The summed E-state index contributed by atoms with van der Waals surface area (Å²) in [4.78, 5) is 21.8. The van der Waals surface area contributed by atoms with Crippen LogP contribution in [-0.4, -0.2) is 18.8 Å². The lowest BCUT2D eigenvalue weighted by Gasteiger charge is -2.19. The van der Waals surface area contributed by atoms with Crippen LogP contribution in [0.1, 0.15) is 11.4 Å². The molecule has 0 radical (unpaired) electrons. The van der Waals surface area contributed by atoms with Crippen molar-refractivity contribution in [1.82, 2.24) is 14.9 Å². The lowest BCUT2D eigenvalue weighted by atomic mass is 10.3. The summed E-state index contributed by atoms with van der Waals surface area (Å²) in [7, 11) is 0. The Morgan fingerprint density at radius 1 is 1.00 bits per heavy atom. The Morgan fingerprint density at radius 2 is 1.50 bits per heavy atom. The maximum Gasteiger partial charge on any atom is 0.283 e. The third-order valence-corrected chi connectivity index (χ3v) is 3.09. The van der Waals surface area contributed by atoms with Gasteiger partial charge in [-0.2, -0.15) is 0 Å². The van der Waals surface area contributed by atoms with Gasteiger partial charge in [-0.25, -0.2) is 0 Å². The number of pyridine rings is 2. The van der Waals surface area contributed by atoms with Crippen molar-refractivity contribution in [2.24, 2.45) is 0 Å². The number of rotatable bonds is 4. The molecule has 2 aromatic heterocycles. The molecule has 18 heavy (non-hydrogen) atoms. The molecule has 1 amide bonds. The van der Waals surface area contributed by atoms with Gasteiger partial charge in [0.25, 0.3) is 3.91 Å². The molecular weight excluding hydrogens is 341 g/mol. The molecule has 4 nitrogen and oxygen atoms in total. The third-order valence-electron chi connectivity index (χ3n) is 2.41. The second kappa shape index (κ2) is 6.44. The van der Waals surface area contributed by atoms with E-state index in [2.05, 4.69) is 9.97 Å². The van der Waals surface area contributed by atoms with Gasteiger partial charge in [-0.15, -0.1) is 0 Å². The number of hydrogen-bond donors (Lipinski definition) is 0. The molecule has 0 saturated heterocycles. The van der Waals surface area contributed by atoms with Gasteiger partial charge in [-0.1, -0.05) is 12.1 Å². The van der Waals surface area contributed by atoms with Crippen molar-refractivity contribution in [3.05, 3.63) is 60.2 Å². The molecule has 0 aliphatic heterocycles. The molecule has 0 aromatic carbocycles. The van der Waals surface area contributed by atoms with Gasteiger partial charge in [0.05, 0.1) is 24.5 Å².